The highest BCUT2D eigenvalue weighted by Gasteiger charge is 2.26. The van der Waals surface area contributed by atoms with E-state index >= 15 is 0 Å². The molecule has 28 heavy (non-hydrogen) atoms. The van der Waals surface area contributed by atoms with E-state index in [4.69, 9.17) is 14.2 Å². The number of ether oxygens (including phenoxy) is 3. The number of hydrogen-bond acceptors (Lipinski definition) is 4. The van der Waals surface area contributed by atoms with Gasteiger partial charge in [-0.3, -0.25) is 4.99 Å². The van der Waals surface area contributed by atoms with E-state index in [0.29, 0.717) is 24.0 Å². The molecule has 3 rings (SSSR count). The van der Waals surface area contributed by atoms with Crippen molar-refractivity contribution in [3.05, 3.63) is 53.6 Å². The third kappa shape index (κ3) is 4.32. The molecule has 1 N–H and O–H groups in total. The van der Waals surface area contributed by atoms with Crippen molar-refractivity contribution in [2.75, 3.05) is 41.5 Å². The van der Waals surface area contributed by atoms with Gasteiger partial charge in [-0.25, -0.2) is 0 Å². The summed E-state index contributed by atoms with van der Waals surface area (Å²) in [6.45, 7) is 2.54. The zero-order valence-corrected chi connectivity index (χ0v) is 17.1. The fourth-order valence-corrected chi connectivity index (χ4v) is 3.69. The third-order valence-corrected chi connectivity index (χ3v) is 5.19. The Morgan fingerprint density at radius 2 is 1.71 bits per heavy atom. The van der Waals surface area contributed by atoms with Crippen LogP contribution in [0.2, 0.25) is 0 Å². The van der Waals surface area contributed by atoms with Crippen LogP contribution in [-0.2, 0) is 6.54 Å². The molecule has 1 aliphatic heterocycles. The number of likely N-dealkylation sites (tertiary alicyclic amines) is 1. The van der Waals surface area contributed by atoms with Crippen LogP contribution in [0.4, 0.5) is 0 Å². The lowest BCUT2D eigenvalue weighted by molar-refractivity contribution is 0.347. The average Bonchev–Trinajstić information content (AvgIpc) is 3.24. The Bertz CT molecular complexity index is 808. The molecule has 150 valence electrons. The van der Waals surface area contributed by atoms with Crippen molar-refractivity contribution in [2.45, 2.75) is 18.9 Å². The van der Waals surface area contributed by atoms with Gasteiger partial charge in [0.15, 0.2) is 17.5 Å². The van der Waals surface area contributed by atoms with E-state index in [9.17, 15) is 0 Å². The first kappa shape index (κ1) is 19.9. The summed E-state index contributed by atoms with van der Waals surface area (Å²) < 4.78 is 16.3. The zero-order chi connectivity index (χ0) is 19.9. The normalized spacial score (nSPS) is 16.8. The van der Waals surface area contributed by atoms with Crippen LogP contribution in [0.3, 0.4) is 0 Å². The van der Waals surface area contributed by atoms with E-state index in [1.165, 1.54) is 5.56 Å². The van der Waals surface area contributed by atoms with E-state index in [2.05, 4.69) is 45.5 Å². The molecule has 1 unspecified atom stereocenters. The maximum atomic E-state index is 5.52. The summed E-state index contributed by atoms with van der Waals surface area (Å²) in [5.41, 5.74) is 2.38. The molecular formula is C22H29N3O3. The van der Waals surface area contributed by atoms with Gasteiger partial charge in [0.05, 0.1) is 21.3 Å². The Kier molecular flexibility index (Phi) is 6.63. The zero-order valence-electron chi connectivity index (χ0n) is 17.1. The van der Waals surface area contributed by atoms with Gasteiger partial charge in [-0.05, 0) is 18.1 Å². The van der Waals surface area contributed by atoms with Crippen molar-refractivity contribution in [1.82, 2.24) is 10.2 Å². The van der Waals surface area contributed by atoms with E-state index in [1.807, 2.05) is 19.2 Å². The van der Waals surface area contributed by atoms with Gasteiger partial charge < -0.3 is 24.4 Å². The van der Waals surface area contributed by atoms with Crippen LogP contribution in [0.5, 0.6) is 17.2 Å². The number of methoxy groups -OCH3 is 3. The lowest BCUT2D eigenvalue weighted by atomic mass is 9.99. The molecule has 1 aliphatic rings. The number of nitrogens with one attached hydrogen (secondary N) is 1. The first-order chi connectivity index (χ1) is 13.7. The highest BCUT2D eigenvalue weighted by molar-refractivity contribution is 5.80. The van der Waals surface area contributed by atoms with Crippen molar-refractivity contribution < 1.29 is 14.2 Å². The molecule has 1 atom stereocenters. The Balaban J connectivity index is 1.68. The topological polar surface area (TPSA) is 55.3 Å². The third-order valence-electron chi connectivity index (χ3n) is 5.19. The Hall–Kier alpha value is -2.89. The van der Waals surface area contributed by atoms with Gasteiger partial charge in [0.25, 0.3) is 0 Å². The van der Waals surface area contributed by atoms with Crippen LogP contribution in [0.1, 0.15) is 23.5 Å². The molecular weight excluding hydrogens is 354 g/mol. The highest BCUT2D eigenvalue weighted by atomic mass is 16.5. The summed E-state index contributed by atoms with van der Waals surface area (Å²) in [6.07, 6.45) is 1.13. The molecule has 6 nitrogen and oxygen atoms in total. The predicted molar refractivity (Wildman–Crippen MR) is 112 cm³/mol. The van der Waals surface area contributed by atoms with Crippen LogP contribution in [0.15, 0.2) is 47.5 Å². The Labute approximate surface area is 167 Å². The standard InChI is InChI=1S/C22H29N3O3/c1-23-22(25-11-10-17(15-25)16-8-6-5-7-9-16)24-14-18-12-20(27-3)21(28-4)13-19(18)26-2/h5-9,12-13,17H,10-11,14-15H2,1-4H3,(H,23,24). The first-order valence-electron chi connectivity index (χ1n) is 9.49. The largest absolute Gasteiger partial charge is 0.496 e. The first-order valence-corrected chi connectivity index (χ1v) is 9.49. The monoisotopic (exact) mass is 383 g/mol. The van der Waals surface area contributed by atoms with Crippen LogP contribution < -0.4 is 19.5 Å². The second-order valence-corrected chi connectivity index (χ2v) is 6.76. The van der Waals surface area contributed by atoms with Crippen molar-refractivity contribution >= 4 is 5.96 Å². The molecule has 2 aromatic carbocycles. The highest BCUT2D eigenvalue weighted by Crippen LogP contribution is 2.34. The lowest BCUT2D eigenvalue weighted by Crippen LogP contribution is -2.39. The molecule has 2 aromatic rings. The molecule has 0 radical (unpaired) electrons. The summed E-state index contributed by atoms with van der Waals surface area (Å²) in [5, 5.41) is 3.46. The molecule has 0 saturated carbocycles. The molecule has 0 amide bonds. The molecule has 1 fully saturated rings. The summed E-state index contributed by atoms with van der Waals surface area (Å²) in [5.74, 6) is 3.52. The number of aliphatic imine (C=N–C) groups is 1. The van der Waals surface area contributed by atoms with Gasteiger partial charge in [-0.2, -0.15) is 0 Å². The number of benzene rings is 2. The summed E-state index contributed by atoms with van der Waals surface area (Å²) in [7, 11) is 6.73. The molecule has 0 aromatic heterocycles. The fourth-order valence-electron chi connectivity index (χ4n) is 3.69. The minimum atomic E-state index is 0.537. The van der Waals surface area contributed by atoms with E-state index in [0.717, 1.165) is 36.8 Å². The van der Waals surface area contributed by atoms with Crippen molar-refractivity contribution in [2.24, 2.45) is 4.99 Å². The van der Waals surface area contributed by atoms with Gasteiger partial charge in [0.2, 0.25) is 0 Å². The second kappa shape index (κ2) is 9.35. The number of rotatable bonds is 6. The molecule has 6 heteroatoms. The molecule has 0 spiro atoms. The van der Waals surface area contributed by atoms with Crippen molar-refractivity contribution in [1.29, 1.82) is 0 Å². The van der Waals surface area contributed by atoms with E-state index in [1.54, 1.807) is 21.3 Å². The molecule has 0 bridgehead atoms. The maximum Gasteiger partial charge on any atom is 0.193 e. The number of guanidine groups is 1. The van der Waals surface area contributed by atoms with Gasteiger partial charge in [-0.1, -0.05) is 30.3 Å². The maximum absolute atomic E-state index is 5.52. The number of hydrogen-bond donors (Lipinski definition) is 1. The van der Waals surface area contributed by atoms with Gasteiger partial charge in [0.1, 0.15) is 5.75 Å². The van der Waals surface area contributed by atoms with E-state index in [-0.39, 0.29) is 0 Å². The van der Waals surface area contributed by atoms with Crippen LogP contribution in [0, 0.1) is 0 Å². The predicted octanol–water partition coefficient (Wildman–Crippen LogP) is 3.28. The van der Waals surface area contributed by atoms with Crippen molar-refractivity contribution in [3.63, 3.8) is 0 Å². The van der Waals surface area contributed by atoms with Crippen LogP contribution in [-0.4, -0.2) is 52.3 Å². The quantitative estimate of drug-likeness (QED) is 0.613. The van der Waals surface area contributed by atoms with Crippen LogP contribution in [0.25, 0.3) is 0 Å². The van der Waals surface area contributed by atoms with Gasteiger partial charge in [-0.15, -0.1) is 0 Å². The minimum absolute atomic E-state index is 0.537. The second-order valence-electron chi connectivity index (χ2n) is 6.76. The summed E-state index contributed by atoms with van der Waals surface area (Å²) >= 11 is 0. The summed E-state index contributed by atoms with van der Waals surface area (Å²) in [4.78, 5) is 6.79. The summed E-state index contributed by atoms with van der Waals surface area (Å²) in [6, 6.07) is 14.5. The molecule has 1 saturated heterocycles. The molecule has 1 heterocycles. The Morgan fingerprint density at radius 3 is 2.36 bits per heavy atom. The fraction of sp³-hybridized carbons (Fsp3) is 0.409. The van der Waals surface area contributed by atoms with Crippen molar-refractivity contribution in [3.8, 4) is 17.2 Å². The minimum Gasteiger partial charge on any atom is -0.496 e. The number of nitrogens with zero attached hydrogens (tertiary/aromatic N) is 2. The average molecular weight is 383 g/mol. The Morgan fingerprint density at radius 1 is 1.04 bits per heavy atom. The SMILES string of the molecule is CN=C(NCc1cc(OC)c(OC)cc1OC)N1CCC(c2ccccc2)C1. The smallest absolute Gasteiger partial charge is 0.193 e. The molecule has 0 aliphatic carbocycles. The lowest BCUT2D eigenvalue weighted by Gasteiger charge is -2.22. The van der Waals surface area contributed by atoms with E-state index < -0.39 is 0 Å². The van der Waals surface area contributed by atoms with Crippen LogP contribution >= 0.6 is 0 Å². The van der Waals surface area contributed by atoms with Gasteiger partial charge >= 0.3 is 0 Å². The van der Waals surface area contributed by atoms with Gasteiger partial charge in [0, 0.05) is 44.2 Å².